The van der Waals surface area contributed by atoms with Gasteiger partial charge in [0.05, 0.1) is 4.90 Å². The van der Waals surface area contributed by atoms with Gasteiger partial charge in [-0.05, 0) is 42.8 Å². The maximum absolute atomic E-state index is 12.8. The van der Waals surface area contributed by atoms with Crippen molar-refractivity contribution in [2.24, 2.45) is 0 Å². The van der Waals surface area contributed by atoms with E-state index in [2.05, 4.69) is 15.0 Å². The van der Waals surface area contributed by atoms with Crippen LogP contribution in [0.2, 0.25) is 0 Å². The van der Waals surface area contributed by atoms with Crippen LogP contribution in [0.15, 0.2) is 47.5 Å². The fourth-order valence-electron chi connectivity index (χ4n) is 1.81. The third-order valence-electron chi connectivity index (χ3n) is 3.04. The summed E-state index contributed by atoms with van der Waals surface area (Å²) in [7, 11) is -3.77. The van der Waals surface area contributed by atoms with Gasteiger partial charge in [0.1, 0.15) is 11.6 Å². The molecule has 2 N–H and O–H groups in total. The average Bonchev–Trinajstić information content (AvgIpc) is 2.50. The Morgan fingerprint density at radius 1 is 1.22 bits per heavy atom. The number of halogens is 1. The molecule has 23 heavy (non-hydrogen) atoms. The molecule has 1 heterocycles. The number of hydrogen-bond acceptors (Lipinski definition) is 4. The van der Waals surface area contributed by atoms with E-state index in [0.29, 0.717) is 5.82 Å². The van der Waals surface area contributed by atoms with Crippen LogP contribution in [0.1, 0.15) is 12.0 Å². The van der Waals surface area contributed by atoms with Crippen LogP contribution in [0.25, 0.3) is 0 Å². The van der Waals surface area contributed by atoms with Crippen molar-refractivity contribution in [3.05, 3.63) is 54.0 Å². The summed E-state index contributed by atoms with van der Waals surface area (Å²) in [5.41, 5.74) is 0.813. The van der Waals surface area contributed by atoms with Gasteiger partial charge in [-0.2, -0.15) is 0 Å². The molecule has 1 aromatic carbocycles. The molecule has 0 aliphatic carbocycles. The van der Waals surface area contributed by atoms with Gasteiger partial charge in [0.15, 0.2) is 0 Å². The summed E-state index contributed by atoms with van der Waals surface area (Å²) in [5, 5.41) is 2.61. The van der Waals surface area contributed by atoms with Gasteiger partial charge in [-0.25, -0.2) is 22.5 Å². The molecule has 1 amide bonds. The largest absolute Gasteiger partial charge is 0.310 e. The van der Waals surface area contributed by atoms with E-state index < -0.39 is 15.8 Å². The Bertz CT molecular complexity index is 792. The van der Waals surface area contributed by atoms with E-state index in [1.165, 1.54) is 0 Å². The third-order valence-corrected chi connectivity index (χ3v) is 4.51. The number of nitrogens with one attached hydrogen (secondary N) is 2. The Hall–Kier alpha value is -2.32. The van der Waals surface area contributed by atoms with E-state index in [9.17, 15) is 17.6 Å². The Morgan fingerprint density at radius 2 is 1.91 bits per heavy atom. The quantitative estimate of drug-likeness (QED) is 0.842. The van der Waals surface area contributed by atoms with Crippen LogP contribution < -0.4 is 10.0 Å². The number of pyridine rings is 1. The van der Waals surface area contributed by atoms with Gasteiger partial charge in [-0.1, -0.05) is 6.07 Å². The number of anilines is 1. The highest BCUT2D eigenvalue weighted by molar-refractivity contribution is 7.89. The predicted molar refractivity (Wildman–Crippen MR) is 83.8 cm³/mol. The first kappa shape index (κ1) is 17.0. The van der Waals surface area contributed by atoms with Crippen LogP contribution in [-0.4, -0.2) is 25.9 Å². The summed E-state index contributed by atoms with van der Waals surface area (Å²) in [4.78, 5) is 15.8. The lowest BCUT2D eigenvalue weighted by molar-refractivity contribution is -0.116. The van der Waals surface area contributed by atoms with Gasteiger partial charge >= 0.3 is 0 Å². The molecule has 0 aliphatic rings. The first-order chi connectivity index (χ1) is 10.9. The van der Waals surface area contributed by atoms with Crippen molar-refractivity contribution in [2.75, 3.05) is 11.9 Å². The Kier molecular flexibility index (Phi) is 5.41. The zero-order chi connectivity index (χ0) is 16.9. The predicted octanol–water partition coefficient (Wildman–Crippen LogP) is 1.84. The van der Waals surface area contributed by atoms with E-state index in [1.54, 1.807) is 25.3 Å². The molecule has 2 rings (SSSR count). The van der Waals surface area contributed by atoms with E-state index in [1.807, 2.05) is 0 Å². The molecule has 0 atom stereocenters. The molecule has 0 unspecified atom stereocenters. The zero-order valence-corrected chi connectivity index (χ0v) is 13.2. The third kappa shape index (κ3) is 4.83. The summed E-state index contributed by atoms with van der Waals surface area (Å²) < 4.78 is 39.0. The lowest BCUT2D eigenvalue weighted by atomic mass is 10.3. The number of benzene rings is 1. The van der Waals surface area contributed by atoms with Crippen LogP contribution in [-0.2, 0) is 14.8 Å². The van der Waals surface area contributed by atoms with Crippen molar-refractivity contribution in [2.45, 2.75) is 18.2 Å². The molecule has 2 aromatic rings. The molecule has 122 valence electrons. The van der Waals surface area contributed by atoms with E-state index >= 15 is 0 Å². The first-order valence-electron chi connectivity index (χ1n) is 6.85. The highest BCUT2D eigenvalue weighted by Gasteiger charge is 2.14. The number of nitrogens with zero attached hydrogens (tertiary/aromatic N) is 1. The SMILES string of the molecule is Cc1cccnc1NC(=O)CCNS(=O)(=O)c1ccc(F)cc1. The summed E-state index contributed by atoms with van der Waals surface area (Å²) in [5.74, 6) is -0.429. The first-order valence-corrected chi connectivity index (χ1v) is 8.33. The molecule has 0 saturated heterocycles. The Morgan fingerprint density at radius 3 is 2.57 bits per heavy atom. The van der Waals surface area contributed by atoms with Crippen LogP contribution >= 0.6 is 0 Å². The van der Waals surface area contributed by atoms with Gasteiger partial charge in [-0.15, -0.1) is 0 Å². The van der Waals surface area contributed by atoms with Crippen LogP contribution in [0.3, 0.4) is 0 Å². The Labute approximate surface area is 133 Å². The number of carbonyl (C=O) groups is 1. The van der Waals surface area contributed by atoms with Crippen molar-refractivity contribution in [3.63, 3.8) is 0 Å². The number of sulfonamides is 1. The normalized spacial score (nSPS) is 11.2. The highest BCUT2D eigenvalue weighted by atomic mass is 32.2. The van der Waals surface area contributed by atoms with E-state index in [4.69, 9.17) is 0 Å². The molecular weight excluding hydrogens is 321 g/mol. The number of hydrogen-bond donors (Lipinski definition) is 2. The molecule has 1 aromatic heterocycles. The van der Waals surface area contributed by atoms with Gasteiger partial charge in [-0.3, -0.25) is 4.79 Å². The lowest BCUT2D eigenvalue weighted by Gasteiger charge is -2.08. The van der Waals surface area contributed by atoms with Crippen molar-refractivity contribution in [3.8, 4) is 0 Å². The van der Waals surface area contributed by atoms with E-state index in [-0.39, 0.29) is 23.8 Å². The second-order valence-corrected chi connectivity index (χ2v) is 6.59. The fraction of sp³-hybridized carbons (Fsp3) is 0.200. The topological polar surface area (TPSA) is 88.2 Å². The number of amides is 1. The van der Waals surface area contributed by atoms with E-state index in [0.717, 1.165) is 29.8 Å². The maximum atomic E-state index is 12.8. The number of aryl methyl sites for hydroxylation is 1. The molecule has 0 aliphatic heterocycles. The molecule has 0 fully saturated rings. The minimum atomic E-state index is -3.77. The summed E-state index contributed by atoms with van der Waals surface area (Å²) in [6, 6.07) is 8.00. The van der Waals surface area contributed by atoms with Gasteiger partial charge in [0.2, 0.25) is 15.9 Å². The van der Waals surface area contributed by atoms with Crippen LogP contribution in [0.4, 0.5) is 10.2 Å². The maximum Gasteiger partial charge on any atom is 0.240 e. The van der Waals surface area contributed by atoms with Gasteiger partial charge < -0.3 is 5.32 Å². The fourth-order valence-corrected chi connectivity index (χ4v) is 2.84. The minimum absolute atomic E-state index is 0.0452. The number of rotatable bonds is 6. The molecular formula is C15H16FN3O3S. The second-order valence-electron chi connectivity index (χ2n) is 4.82. The number of carbonyl (C=O) groups excluding carboxylic acids is 1. The molecule has 0 saturated carbocycles. The van der Waals surface area contributed by atoms with Crippen LogP contribution in [0.5, 0.6) is 0 Å². The summed E-state index contributed by atoms with van der Waals surface area (Å²) in [6.07, 6.45) is 1.51. The minimum Gasteiger partial charge on any atom is -0.310 e. The van der Waals surface area contributed by atoms with Crippen molar-refractivity contribution in [1.82, 2.24) is 9.71 Å². The molecule has 6 nitrogen and oxygen atoms in total. The van der Waals surface area contributed by atoms with Crippen molar-refractivity contribution >= 4 is 21.7 Å². The number of aromatic nitrogens is 1. The smallest absolute Gasteiger partial charge is 0.240 e. The lowest BCUT2D eigenvalue weighted by Crippen LogP contribution is -2.28. The zero-order valence-electron chi connectivity index (χ0n) is 12.4. The summed E-state index contributed by atoms with van der Waals surface area (Å²) in [6.45, 7) is 1.73. The molecule has 0 bridgehead atoms. The molecule has 8 heteroatoms. The standard InChI is InChI=1S/C15H16FN3O3S/c1-11-3-2-9-17-15(11)19-14(20)8-10-18-23(21,22)13-6-4-12(16)5-7-13/h2-7,9,18H,8,10H2,1H3,(H,17,19,20). The average molecular weight is 337 g/mol. The highest BCUT2D eigenvalue weighted by Crippen LogP contribution is 2.10. The summed E-state index contributed by atoms with van der Waals surface area (Å²) >= 11 is 0. The Balaban J connectivity index is 1.88. The van der Waals surface area contributed by atoms with Crippen molar-refractivity contribution < 1.29 is 17.6 Å². The van der Waals surface area contributed by atoms with Crippen LogP contribution in [0, 0.1) is 12.7 Å². The molecule has 0 radical (unpaired) electrons. The second kappa shape index (κ2) is 7.30. The van der Waals surface area contributed by atoms with Gasteiger partial charge in [0, 0.05) is 19.2 Å². The van der Waals surface area contributed by atoms with Gasteiger partial charge in [0.25, 0.3) is 0 Å². The molecule has 0 spiro atoms. The van der Waals surface area contributed by atoms with Crippen molar-refractivity contribution in [1.29, 1.82) is 0 Å². The monoisotopic (exact) mass is 337 g/mol.